The lowest BCUT2D eigenvalue weighted by atomic mass is 9.87. The minimum absolute atomic E-state index is 0.152. The van der Waals surface area contributed by atoms with Crippen molar-refractivity contribution in [3.05, 3.63) is 59.7 Å². The molecule has 0 aliphatic heterocycles. The molecule has 0 heterocycles. The highest BCUT2D eigenvalue weighted by molar-refractivity contribution is 7.90. The Bertz CT molecular complexity index is 909. The van der Waals surface area contributed by atoms with Crippen LogP contribution >= 0.6 is 0 Å². The van der Waals surface area contributed by atoms with Gasteiger partial charge in [-0.1, -0.05) is 30.3 Å². The van der Waals surface area contributed by atoms with Gasteiger partial charge < -0.3 is 5.32 Å². The Kier molecular flexibility index (Phi) is 5.44. The third-order valence-electron chi connectivity index (χ3n) is 4.81. The molecule has 1 aliphatic carbocycles. The Morgan fingerprint density at radius 1 is 1.19 bits per heavy atom. The summed E-state index contributed by atoms with van der Waals surface area (Å²) in [5.41, 5.74) is 3.15. The molecule has 0 bridgehead atoms. The number of amides is 1. The number of hydrogen-bond acceptors (Lipinski definition) is 4. The number of fused-ring (bicyclic) bond motifs is 1. The fourth-order valence-electron chi connectivity index (χ4n) is 3.53. The molecule has 0 radical (unpaired) electrons. The van der Waals surface area contributed by atoms with Crippen LogP contribution in [0.25, 0.3) is 0 Å². The molecular weight excluding hydrogens is 348 g/mol. The lowest BCUT2D eigenvalue weighted by Crippen LogP contribution is -2.34. The number of sulfone groups is 1. The van der Waals surface area contributed by atoms with E-state index in [1.54, 1.807) is 12.1 Å². The minimum Gasteiger partial charge on any atom is -0.325 e. The van der Waals surface area contributed by atoms with E-state index < -0.39 is 9.84 Å². The Morgan fingerprint density at radius 2 is 1.96 bits per heavy atom. The van der Waals surface area contributed by atoms with Crippen LogP contribution in [0.5, 0.6) is 0 Å². The van der Waals surface area contributed by atoms with Gasteiger partial charge in [0.05, 0.1) is 11.4 Å². The van der Waals surface area contributed by atoms with Crippen molar-refractivity contribution < 1.29 is 13.2 Å². The first-order chi connectivity index (χ1) is 12.3. The average molecular weight is 372 g/mol. The first-order valence-corrected chi connectivity index (χ1v) is 10.6. The van der Waals surface area contributed by atoms with E-state index in [9.17, 15) is 13.2 Å². The molecule has 1 amide bonds. The van der Waals surface area contributed by atoms with Gasteiger partial charge in [0.15, 0.2) is 9.84 Å². The van der Waals surface area contributed by atoms with E-state index in [4.69, 9.17) is 0 Å². The molecule has 1 aliphatic rings. The second kappa shape index (κ2) is 7.60. The zero-order valence-corrected chi connectivity index (χ0v) is 15.9. The summed E-state index contributed by atoms with van der Waals surface area (Å²) in [5.74, 6) is -0.152. The highest BCUT2D eigenvalue weighted by atomic mass is 32.2. The van der Waals surface area contributed by atoms with Crippen molar-refractivity contribution in [2.24, 2.45) is 0 Å². The number of likely N-dealkylation sites (N-methyl/N-ethyl adjacent to an activating group) is 1. The summed E-state index contributed by atoms with van der Waals surface area (Å²) in [6, 6.07) is 15.0. The summed E-state index contributed by atoms with van der Waals surface area (Å²) in [6.45, 7) is 0.252. The van der Waals surface area contributed by atoms with Crippen molar-refractivity contribution in [2.45, 2.75) is 30.2 Å². The van der Waals surface area contributed by atoms with Crippen molar-refractivity contribution in [2.75, 3.05) is 25.2 Å². The summed E-state index contributed by atoms with van der Waals surface area (Å²) in [6.07, 6.45) is 4.39. The van der Waals surface area contributed by atoms with Gasteiger partial charge in [0.2, 0.25) is 5.91 Å². The van der Waals surface area contributed by atoms with Crippen molar-refractivity contribution in [3.63, 3.8) is 0 Å². The predicted molar refractivity (Wildman–Crippen MR) is 103 cm³/mol. The average Bonchev–Trinajstić information content (AvgIpc) is 2.60. The lowest BCUT2D eigenvalue weighted by Gasteiger charge is -2.32. The van der Waals surface area contributed by atoms with Crippen molar-refractivity contribution >= 4 is 21.4 Å². The topological polar surface area (TPSA) is 66.5 Å². The van der Waals surface area contributed by atoms with E-state index in [1.165, 1.54) is 23.3 Å². The Labute approximate surface area is 154 Å². The number of carbonyl (C=O) groups excluding carboxylic acids is 1. The molecule has 1 atom stereocenters. The number of hydrogen-bond donors (Lipinski definition) is 1. The van der Waals surface area contributed by atoms with Gasteiger partial charge in [-0.2, -0.15) is 0 Å². The zero-order chi connectivity index (χ0) is 18.7. The van der Waals surface area contributed by atoms with E-state index in [-0.39, 0.29) is 23.4 Å². The summed E-state index contributed by atoms with van der Waals surface area (Å²) in [4.78, 5) is 14.7. The molecular formula is C20H24N2O3S. The Morgan fingerprint density at radius 3 is 2.73 bits per heavy atom. The second-order valence-electron chi connectivity index (χ2n) is 6.87. The maximum Gasteiger partial charge on any atom is 0.238 e. The molecule has 1 N–H and O–H groups in total. The van der Waals surface area contributed by atoms with Crippen LogP contribution in [0.4, 0.5) is 5.69 Å². The Balaban J connectivity index is 1.68. The first-order valence-electron chi connectivity index (χ1n) is 8.72. The fourth-order valence-corrected chi connectivity index (χ4v) is 4.19. The lowest BCUT2D eigenvalue weighted by molar-refractivity contribution is -0.117. The monoisotopic (exact) mass is 372 g/mol. The summed E-state index contributed by atoms with van der Waals surface area (Å²) >= 11 is 0. The van der Waals surface area contributed by atoms with Crippen LogP contribution in [0.1, 0.15) is 30.0 Å². The van der Waals surface area contributed by atoms with E-state index in [0.29, 0.717) is 5.69 Å². The molecule has 2 aromatic rings. The fraction of sp³-hybridized carbons (Fsp3) is 0.350. The number of aryl methyl sites for hydroxylation is 1. The molecule has 0 aromatic heterocycles. The normalized spacial score (nSPS) is 17.0. The largest absolute Gasteiger partial charge is 0.325 e. The molecule has 0 saturated heterocycles. The predicted octanol–water partition coefficient (Wildman–Crippen LogP) is 3.04. The van der Waals surface area contributed by atoms with Gasteiger partial charge in [0.25, 0.3) is 0 Å². The van der Waals surface area contributed by atoms with Gasteiger partial charge in [-0.3, -0.25) is 9.69 Å². The number of nitrogens with one attached hydrogen (secondary N) is 1. The summed E-state index contributed by atoms with van der Waals surface area (Å²) in [5, 5.41) is 2.80. The second-order valence-corrected chi connectivity index (χ2v) is 8.89. The van der Waals surface area contributed by atoms with Crippen molar-refractivity contribution in [1.82, 2.24) is 4.90 Å². The van der Waals surface area contributed by atoms with E-state index in [2.05, 4.69) is 28.4 Å². The number of rotatable bonds is 5. The maximum atomic E-state index is 12.4. The third-order valence-corrected chi connectivity index (χ3v) is 5.92. The number of benzene rings is 2. The quantitative estimate of drug-likeness (QED) is 0.876. The number of nitrogens with zero attached hydrogens (tertiary/aromatic N) is 1. The molecule has 0 saturated carbocycles. The standard InChI is InChI=1S/C20H24N2O3S/c1-22(19-12-5-8-15-7-3-4-11-18(15)19)14-20(23)21-16-9-6-10-17(13-16)26(2,24)25/h3-4,6-7,9-11,13,19H,5,8,12,14H2,1-2H3,(H,21,23)/t19-/m0/s1. The van der Waals surface area contributed by atoms with E-state index >= 15 is 0 Å². The molecule has 6 heteroatoms. The van der Waals surface area contributed by atoms with Crippen LogP contribution in [-0.4, -0.2) is 39.1 Å². The summed E-state index contributed by atoms with van der Waals surface area (Å²) < 4.78 is 23.3. The van der Waals surface area contributed by atoms with Gasteiger partial charge in [-0.25, -0.2) is 8.42 Å². The van der Waals surface area contributed by atoms with Crippen LogP contribution in [0.2, 0.25) is 0 Å². The summed E-state index contributed by atoms with van der Waals surface area (Å²) in [7, 11) is -1.34. The van der Waals surface area contributed by atoms with Crippen LogP contribution in [-0.2, 0) is 21.1 Å². The van der Waals surface area contributed by atoms with Crippen LogP contribution < -0.4 is 5.32 Å². The molecule has 0 fully saturated rings. The van der Waals surface area contributed by atoms with Gasteiger partial charge in [-0.15, -0.1) is 0 Å². The van der Waals surface area contributed by atoms with Crippen molar-refractivity contribution in [1.29, 1.82) is 0 Å². The number of carbonyl (C=O) groups is 1. The molecule has 0 unspecified atom stereocenters. The van der Waals surface area contributed by atoms with E-state index in [1.807, 2.05) is 13.1 Å². The van der Waals surface area contributed by atoms with Crippen molar-refractivity contribution in [3.8, 4) is 0 Å². The Hall–Kier alpha value is -2.18. The zero-order valence-electron chi connectivity index (χ0n) is 15.1. The van der Waals surface area contributed by atoms with Gasteiger partial charge >= 0.3 is 0 Å². The molecule has 138 valence electrons. The number of anilines is 1. The first kappa shape index (κ1) is 18.6. The van der Waals surface area contributed by atoms with E-state index in [0.717, 1.165) is 25.5 Å². The molecule has 3 rings (SSSR count). The van der Waals surface area contributed by atoms with Crippen LogP contribution in [0.3, 0.4) is 0 Å². The maximum absolute atomic E-state index is 12.4. The molecule has 5 nitrogen and oxygen atoms in total. The van der Waals surface area contributed by atoms with Gasteiger partial charge in [0.1, 0.15) is 0 Å². The smallest absolute Gasteiger partial charge is 0.238 e. The molecule has 2 aromatic carbocycles. The highest BCUT2D eigenvalue weighted by Crippen LogP contribution is 2.33. The minimum atomic E-state index is -3.30. The third kappa shape index (κ3) is 4.31. The molecule has 26 heavy (non-hydrogen) atoms. The van der Waals surface area contributed by atoms with Crippen LogP contribution in [0, 0.1) is 0 Å². The molecule has 0 spiro atoms. The SMILES string of the molecule is CN(CC(=O)Nc1cccc(S(C)(=O)=O)c1)[C@H]1CCCc2ccccc21. The van der Waals surface area contributed by atoms with Crippen LogP contribution in [0.15, 0.2) is 53.4 Å². The van der Waals surface area contributed by atoms with Gasteiger partial charge in [0, 0.05) is 18.0 Å². The van der Waals surface area contributed by atoms with Gasteiger partial charge in [-0.05, 0) is 55.6 Å². The highest BCUT2D eigenvalue weighted by Gasteiger charge is 2.24.